The predicted octanol–water partition coefficient (Wildman–Crippen LogP) is 1.22. The molecule has 8 heteroatoms. The number of amides is 2. The van der Waals surface area contributed by atoms with Crippen LogP contribution in [0, 0.1) is 11.8 Å². The fourth-order valence-corrected chi connectivity index (χ4v) is 3.32. The minimum absolute atomic E-state index is 0.142. The Hall–Kier alpha value is -3.67. The molecule has 2 heterocycles. The smallest absolute Gasteiger partial charge is 0.269 e. The molecule has 0 radical (unpaired) electrons. The largest absolute Gasteiger partial charge is 0.392 e. The van der Waals surface area contributed by atoms with Gasteiger partial charge in [0.25, 0.3) is 5.91 Å². The van der Waals surface area contributed by atoms with E-state index in [1.165, 1.54) is 0 Å². The fraction of sp³-hybridized carbons (Fsp3) is 0.261. The second kappa shape index (κ2) is 8.22. The molecule has 1 fully saturated rings. The van der Waals surface area contributed by atoms with Crippen molar-refractivity contribution in [1.29, 1.82) is 0 Å². The van der Waals surface area contributed by atoms with E-state index in [2.05, 4.69) is 16.9 Å². The molecule has 0 spiro atoms. The molecule has 158 valence electrons. The Bertz CT molecular complexity index is 1220. The fourth-order valence-electron chi connectivity index (χ4n) is 3.32. The van der Waals surface area contributed by atoms with E-state index in [1.807, 2.05) is 24.3 Å². The van der Waals surface area contributed by atoms with Gasteiger partial charge in [-0.2, -0.15) is 5.10 Å². The standard InChI is InChI=1S/C23H22N4O4/c1-26(15-29)10-9-23(14-31-23)8-7-16-3-2-4-18(11-16)27-20-6-5-17(13-28)12-19(20)21(25-27)22(24)30/h2-6,11-12,15,28H,9-10,13-14H2,1H3,(H2,24,30)/t23-/m0/s1. The number of ether oxygens (including phenoxy) is 1. The van der Waals surface area contributed by atoms with Crippen LogP contribution in [0.4, 0.5) is 0 Å². The number of nitrogens with zero attached hydrogens (tertiary/aromatic N) is 3. The maximum Gasteiger partial charge on any atom is 0.269 e. The molecular formula is C23H22N4O4. The van der Waals surface area contributed by atoms with Crippen molar-refractivity contribution in [3.05, 3.63) is 59.3 Å². The summed E-state index contributed by atoms with van der Waals surface area (Å²) in [7, 11) is 1.72. The first-order chi connectivity index (χ1) is 14.9. The lowest BCUT2D eigenvalue weighted by molar-refractivity contribution is -0.117. The molecule has 0 unspecified atom stereocenters. The van der Waals surface area contributed by atoms with Gasteiger partial charge in [-0.15, -0.1) is 0 Å². The normalized spacial score (nSPS) is 17.1. The second-order valence-corrected chi connectivity index (χ2v) is 7.55. The first kappa shape index (κ1) is 20.6. The number of hydrogen-bond donors (Lipinski definition) is 2. The van der Waals surface area contributed by atoms with Crippen LogP contribution in [-0.4, -0.2) is 57.9 Å². The Morgan fingerprint density at radius 2 is 2.19 bits per heavy atom. The van der Waals surface area contributed by atoms with Crippen LogP contribution in [0.5, 0.6) is 0 Å². The summed E-state index contributed by atoms with van der Waals surface area (Å²) in [6.45, 7) is 0.978. The number of carbonyl (C=O) groups is 2. The van der Waals surface area contributed by atoms with Gasteiger partial charge in [-0.25, -0.2) is 4.68 Å². The number of epoxide rings is 1. The van der Waals surface area contributed by atoms with E-state index < -0.39 is 11.5 Å². The third-order valence-electron chi connectivity index (χ3n) is 5.23. The molecule has 1 aliphatic rings. The van der Waals surface area contributed by atoms with Crippen LogP contribution in [0.15, 0.2) is 42.5 Å². The highest BCUT2D eigenvalue weighted by Crippen LogP contribution is 2.30. The topological polar surface area (TPSA) is 114 Å². The summed E-state index contributed by atoms with van der Waals surface area (Å²) in [4.78, 5) is 24.2. The molecule has 2 amide bonds. The van der Waals surface area contributed by atoms with Gasteiger partial charge < -0.3 is 20.5 Å². The minimum atomic E-state index is -0.636. The van der Waals surface area contributed by atoms with Crippen LogP contribution in [0.25, 0.3) is 16.6 Å². The molecule has 0 aliphatic carbocycles. The quantitative estimate of drug-likeness (QED) is 0.340. The molecule has 1 aliphatic heterocycles. The van der Waals surface area contributed by atoms with Gasteiger partial charge in [0.15, 0.2) is 11.3 Å². The molecule has 2 aromatic carbocycles. The average molecular weight is 418 g/mol. The number of primary amides is 1. The second-order valence-electron chi connectivity index (χ2n) is 7.55. The van der Waals surface area contributed by atoms with Gasteiger partial charge in [0.05, 0.1) is 24.4 Å². The minimum Gasteiger partial charge on any atom is -0.392 e. The summed E-state index contributed by atoms with van der Waals surface area (Å²) in [5.74, 6) is 5.69. The lowest BCUT2D eigenvalue weighted by atomic mass is 10.1. The molecule has 0 saturated carbocycles. The van der Waals surface area contributed by atoms with Crippen LogP contribution in [0.3, 0.4) is 0 Å². The van der Waals surface area contributed by atoms with Crippen molar-refractivity contribution in [2.45, 2.75) is 18.6 Å². The third kappa shape index (κ3) is 4.28. The molecule has 3 N–H and O–H groups in total. The number of fused-ring (bicyclic) bond motifs is 1. The van der Waals surface area contributed by atoms with Gasteiger partial charge in [0.2, 0.25) is 6.41 Å². The van der Waals surface area contributed by atoms with Crippen LogP contribution < -0.4 is 5.73 Å². The highest BCUT2D eigenvalue weighted by Gasteiger charge is 2.42. The van der Waals surface area contributed by atoms with E-state index in [-0.39, 0.29) is 12.3 Å². The molecule has 3 aromatic rings. The van der Waals surface area contributed by atoms with Crippen molar-refractivity contribution in [2.75, 3.05) is 20.2 Å². The summed E-state index contributed by atoms with van der Waals surface area (Å²) in [5.41, 5.74) is 8.03. The van der Waals surface area contributed by atoms with Crippen LogP contribution in [-0.2, 0) is 16.1 Å². The van der Waals surface area contributed by atoms with E-state index in [1.54, 1.807) is 34.8 Å². The zero-order valence-electron chi connectivity index (χ0n) is 17.0. The third-order valence-corrected chi connectivity index (χ3v) is 5.23. The number of carbonyl (C=O) groups excluding carboxylic acids is 2. The van der Waals surface area contributed by atoms with Crippen LogP contribution >= 0.6 is 0 Å². The number of aromatic nitrogens is 2. The Labute approximate surface area is 179 Å². The van der Waals surface area contributed by atoms with E-state index in [0.29, 0.717) is 36.0 Å². The average Bonchev–Trinajstić information content (AvgIpc) is 3.46. The summed E-state index contributed by atoms with van der Waals surface area (Å²) in [6, 6.07) is 12.8. The molecule has 1 aromatic heterocycles. The first-order valence-corrected chi connectivity index (χ1v) is 9.80. The summed E-state index contributed by atoms with van der Waals surface area (Å²) < 4.78 is 7.17. The molecule has 1 atom stereocenters. The van der Waals surface area contributed by atoms with Crippen LogP contribution in [0.2, 0.25) is 0 Å². The van der Waals surface area contributed by atoms with E-state index in [9.17, 15) is 14.7 Å². The number of hydrogen-bond acceptors (Lipinski definition) is 5. The van der Waals surface area contributed by atoms with Gasteiger partial charge in [-0.3, -0.25) is 9.59 Å². The first-order valence-electron chi connectivity index (χ1n) is 9.80. The Morgan fingerprint density at radius 1 is 1.39 bits per heavy atom. The van der Waals surface area contributed by atoms with Gasteiger partial charge in [-0.05, 0) is 35.9 Å². The number of rotatable bonds is 7. The van der Waals surface area contributed by atoms with Crippen molar-refractivity contribution in [1.82, 2.24) is 14.7 Å². The maximum atomic E-state index is 11.9. The Morgan fingerprint density at radius 3 is 2.87 bits per heavy atom. The predicted molar refractivity (Wildman–Crippen MR) is 114 cm³/mol. The van der Waals surface area contributed by atoms with Gasteiger partial charge in [-0.1, -0.05) is 24.0 Å². The SMILES string of the molecule is CN(C=O)CC[C@@]1(C#Cc2cccc(-n3nc(C(N)=O)c4cc(CO)ccc43)c2)CO1. The Balaban J connectivity index is 1.66. The number of aliphatic hydroxyl groups is 1. The summed E-state index contributed by atoms with van der Waals surface area (Å²) >= 11 is 0. The maximum absolute atomic E-state index is 11.9. The Kier molecular flexibility index (Phi) is 5.46. The lowest BCUT2D eigenvalue weighted by Crippen LogP contribution is -2.22. The number of aliphatic hydroxyl groups excluding tert-OH is 1. The van der Waals surface area contributed by atoms with Gasteiger partial charge in [0, 0.05) is 31.0 Å². The van der Waals surface area contributed by atoms with Crippen LogP contribution in [0.1, 0.15) is 28.0 Å². The zero-order valence-corrected chi connectivity index (χ0v) is 17.0. The molecule has 0 bridgehead atoms. The molecule has 8 nitrogen and oxygen atoms in total. The molecular weight excluding hydrogens is 396 g/mol. The van der Waals surface area contributed by atoms with E-state index in [4.69, 9.17) is 10.5 Å². The summed E-state index contributed by atoms with van der Waals surface area (Å²) in [6.07, 6.45) is 1.43. The van der Waals surface area contributed by atoms with Gasteiger partial charge >= 0.3 is 0 Å². The zero-order chi connectivity index (χ0) is 22.0. The lowest BCUT2D eigenvalue weighted by Gasteiger charge is -2.11. The summed E-state index contributed by atoms with van der Waals surface area (Å²) in [5, 5.41) is 14.4. The van der Waals surface area contributed by atoms with Crippen molar-refractivity contribution in [3.63, 3.8) is 0 Å². The van der Waals surface area contributed by atoms with Gasteiger partial charge in [0.1, 0.15) is 0 Å². The molecule has 4 rings (SSSR count). The van der Waals surface area contributed by atoms with E-state index in [0.717, 1.165) is 17.7 Å². The van der Waals surface area contributed by atoms with Crippen molar-refractivity contribution >= 4 is 23.2 Å². The monoisotopic (exact) mass is 418 g/mol. The van der Waals surface area contributed by atoms with Crippen molar-refractivity contribution in [3.8, 4) is 17.5 Å². The van der Waals surface area contributed by atoms with E-state index >= 15 is 0 Å². The molecule has 31 heavy (non-hydrogen) atoms. The molecule has 1 saturated heterocycles. The van der Waals surface area contributed by atoms with Crippen molar-refractivity contribution < 1.29 is 19.4 Å². The van der Waals surface area contributed by atoms with Crippen molar-refractivity contribution in [2.24, 2.45) is 5.73 Å². The number of benzene rings is 2. The number of nitrogens with two attached hydrogens (primary N) is 1. The highest BCUT2D eigenvalue weighted by atomic mass is 16.6. The highest BCUT2D eigenvalue weighted by molar-refractivity contribution is 6.04.